The maximum Gasteiger partial charge on any atom is 0.317 e. The zero-order chi connectivity index (χ0) is 21.6. The molecule has 1 aliphatic rings. The molecule has 0 aliphatic carbocycles. The van der Waals surface area contributed by atoms with Crippen LogP contribution in [0.2, 0.25) is 0 Å². The molecular weight excluding hydrogens is 412 g/mol. The number of anilines is 2. The van der Waals surface area contributed by atoms with Crippen molar-refractivity contribution in [3.05, 3.63) is 59.9 Å². The van der Waals surface area contributed by atoms with Crippen LogP contribution in [0.25, 0.3) is 10.4 Å². The highest BCUT2D eigenvalue weighted by Crippen LogP contribution is 2.30. The number of rotatable bonds is 7. The summed E-state index contributed by atoms with van der Waals surface area (Å²) >= 11 is 1.59. The second-order valence-electron chi connectivity index (χ2n) is 7.84. The van der Waals surface area contributed by atoms with E-state index in [0.29, 0.717) is 26.3 Å². The van der Waals surface area contributed by atoms with Gasteiger partial charge in [-0.25, -0.2) is 9.97 Å². The van der Waals surface area contributed by atoms with Crippen molar-refractivity contribution in [1.82, 2.24) is 14.9 Å². The SMILES string of the molecule is Cc1ccc(-c2cnc(Nc3cc(CC4COCCN(CC(=O)O)C4)ccn3)s2)cc1. The molecule has 0 amide bonds. The molecule has 2 N–H and O–H groups in total. The van der Waals surface area contributed by atoms with Crippen LogP contribution in [0.15, 0.2) is 48.8 Å². The summed E-state index contributed by atoms with van der Waals surface area (Å²) in [7, 11) is 0. The minimum absolute atomic E-state index is 0.0520. The van der Waals surface area contributed by atoms with Gasteiger partial charge < -0.3 is 15.2 Å². The number of carbonyl (C=O) groups is 1. The average Bonchev–Trinajstić information content (AvgIpc) is 3.09. The zero-order valence-corrected chi connectivity index (χ0v) is 18.3. The van der Waals surface area contributed by atoms with Crippen molar-refractivity contribution in [3.63, 3.8) is 0 Å². The van der Waals surface area contributed by atoms with Crippen LogP contribution in [0.1, 0.15) is 11.1 Å². The van der Waals surface area contributed by atoms with E-state index < -0.39 is 5.97 Å². The van der Waals surface area contributed by atoms with E-state index in [-0.39, 0.29) is 12.5 Å². The van der Waals surface area contributed by atoms with Gasteiger partial charge >= 0.3 is 5.97 Å². The van der Waals surface area contributed by atoms with Gasteiger partial charge in [0.1, 0.15) is 5.82 Å². The summed E-state index contributed by atoms with van der Waals surface area (Å²) in [4.78, 5) is 23.0. The molecule has 4 rings (SSSR count). The van der Waals surface area contributed by atoms with E-state index in [1.807, 2.05) is 23.2 Å². The van der Waals surface area contributed by atoms with Crippen molar-refractivity contribution < 1.29 is 14.6 Å². The smallest absolute Gasteiger partial charge is 0.317 e. The molecule has 0 bridgehead atoms. The Morgan fingerprint density at radius 1 is 1.29 bits per heavy atom. The molecule has 1 saturated heterocycles. The Balaban J connectivity index is 1.40. The highest BCUT2D eigenvalue weighted by atomic mass is 32.1. The minimum Gasteiger partial charge on any atom is -0.480 e. The van der Waals surface area contributed by atoms with Crippen LogP contribution < -0.4 is 5.32 Å². The number of aliphatic carboxylic acids is 1. The van der Waals surface area contributed by atoms with Crippen molar-refractivity contribution >= 4 is 28.3 Å². The number of nitrogens with zero attached hydrogens (tertiary/aromatic N) is 3. The van der Waals surface area contributed by atoms with Gasteiger partial charge in [0.25, 0.3) is 0 Å². The van der Waals surface area contributed by atoms with Crippen molar-refractivity contribution in [3.8, 4) is 10.4 Å². The van der Waals surface area contributed by atoms with E-state index in [4.69, 9.17) is 9.84 Å². The standard InChI is InChI=1S/C23H26N4O3S/c1-16-2-4-19(5-3-16)20-12-25-23(31-20)26-21-11-17(6-7-24-21)10-18-13-27(14-22(28)29)8-9-30-15-18/h2-7,11-12,18H,8-10,13-15H2,1H3,(H,28,29)(H,24,25,26). The van der Waals surface area contributed by atoms with Gasteiger partial charge in [0, 0.05) is 25.5 Å². The van der Waals surface area contributed by atoms with Gasteiger partial charge in [-0.05, 0) is 42.5 Å². The number of hydrogen-bond donors (Lipinski definition) is 2. The van der Waals surface area contributed by atoms with Crippen LogP contribution in [-0.4, -0.2) is 58.8 Å². The fourth-order valence-electron chi connectivity index (χ4n) is 3.71. The topological polar surface area (TPSA) is 87.6 Å². The Morgan fingerprint density at radius 2 is 2.13 bits per heavy atom. The van der Waals surface area contributed by atoms with Crippen LogP contribution in [0.5, 0.6) is 0 Å². The molecule has 3 heterocycles. The van der Waals surface area contributed by atoms with E-state index in [2.05, 4.69) is 46.5 Å². The number of aryl methyl sites for hydroxylation is 1. The molecule has 7 nitrogen and oxygen atoms in total. The first kappa shape index (κ1) is 21.4. The second-order valence-corrected chi connectivity index (χ2v) is 8.87. The second kappa shape index (κ2) is 10.00. The van der Waals surface area contributed by atoms with E-state index in [0.717, 1.165) is 33.4 Å². The molecule has 1 aromatic carbocycles. The summed E-state index contributed by atoms with van der Waals surface area (Å²) in [5.41, 5.74) is 3.52. The molecule has 8 heteroatoms. The third-order valence-electron chi connectivity index (χ3n) is 5.21. The van der Waals surface area contributed by atoms with Gasteiger partial charge in [0.2, 0.25) is 0 Å². The Morgan fingerprint density at radius 3 is 2.94 bits per heavy atom. The quantitative estimate of drug-likeness (QED) is 0.580. The number of hydrogen-bond acceptors (Lipinski definition) is 7. The zero-order valence-electron chi connectivity index (χ0n) is 17.5. The predicted octanol–water partition coefficient (Wildman–Crippen LogP) is 3.83. The molecule has 31 heavy (non-hydrogen) atoms. The number of benzene rings is 1. The number of ether oxygens (including phenoxy) is 1. The third-order valence-corrected chi connectivity index (χ3v) is 6.17. The van der Waals surface area contributed by atoms with E-state index in [1.165, 1.54) is 5.56 Å². The maximum atomic E-state index is 11.1. The van der Waals surface area contributed by atoms with Crippen molar-refractivity contribution in [2.45, 2.75) is 13.3 Å². The predicted molar refractivity (Wildman–Crippen MR) is 122 cm³/mol. The average molecular weight is 439 g/mol. The van der Waals surface area contributed by atoms with Crippen molar-refractivity contribution in [2.75, 3.05) is 38.2 Å². The molecule has 0 radical (unpaired) electrons. The van der Waals surface area contributed by atoms with Crippen LogP contribution in [-0.2, 0) is 16.0 Å². The molecule has 1 aliphatic heterocycles. The van der Waals surface area contributed by atoms with Crippen LogP contribution in [0, 0.1) is 12.8 Å². The number of nitrogens with one attached hydrogen (secondary N) is 1. The number of carboxylic acids is 1. The molecule has 1 fully saturated rings. The highest BCUT2D eigenvalue weighted by molar-refractivity contribution is 7.18. The van der Waals surface area contributed by atoms with Gasteiger partial charge in [0.15, 0.2) is 5.13 Å². The number of aromatic nitrogens is 2. The fraction of sp³-hybridized carbons (Fsp3) is 0.348. The normalized spacial score (nSPS) is 17.3. The molecule has 3 aromatic rings. The first-order valence-corrected chi connectivity index (χ1v) is 11.1. The lowest BCUT2D eigenvalue weighted by Crippen LogP contribution is -2.35. The van der Waals surface area contributed by atoms with Gasteiger partial charge in [-0.3, -0.25) is 9.69 Å². The Kier molecular flexibility index (Phi) is 6.91. The monoisotopic (exact) mass is 438 g/mol. The number of pyridine rings is 1. The lowest BCUT2D eigenvalue weighted by Gasteiger charge is -2.21. The molecule has 2 aromatic heterocycles. The first-order valence-electron chi connectivity index (χ1n) is 10.3. The van der Waals surface area contributed by atoms with Gasteiger partial charge in [0.05, 0.1) is 24.6 Å². The molecule has 1 unspecified atom stereocenters. The largest absolute Gasteiger partial charge is 0.480 e. The van der Waals surface area contributed by atoms with Crippen LogP contribution in [0.4, 0.5) is 10.9 Å². The van der Waals surface area contributed by atoms with E-state index in [9.17, 15) is 4.79 Å². The maximum absolute atomic E-state index is 11.1. The molecule has 0 spiro atoms. The lowest BCUT2D eigenvalue weighted by atomic mass is 10.0. The van der Waals surface area contributed by atoms with Gasteiger partial charge in [-0.2, -0.15) is 0 Å². The molecule has 1 atom stereocenters. The van der Waals surface area contributed by atoms with Crippen molar-refractivity contribution in [1.29, 1.82) is 0 Å². The highest BCUT2D eigenvalue weighted by Gasteiger charge is 2.21. The first-order chi connectivity index (χ1) is 15.0. The summed E-state index contributed by atoms with van der Waals surface area (Å²) in [6.45, 7) is 4.69. The number of carboxylic acid groups (broad SMARTS) is 1. The minimum atomic E-state index is -0.801. The Hall–Kier alpha value is -2.81. The van der Waals surface area contributed by atoms with E-state index in [1.54, 1.807) is 17.5 Å². The summed E-state index contributed by atoms with van der Waals surface area (Å²) in [5, 5.41) is 13.2. The lowest BCUT2D eigenvalue weighted by molar-refractivity contribution is -0.138. The van der Waals surface area contributed by atoms with Crippen LogP contribution in [0.3, 0.4) is 0 Å². The van der Waals surface area contributed by atoms with Gasteiger partial charge in [-0.15, -0.1) is 0 Å². The Labute approximate surface area is 185 Å². The van der Waals surface area contributed by atoms with Gasteiger partial charge in [-0.1, -0.05) is 41.2 Å². The molecule has 0 saturated carbocycles. The summed E-state index contributed by atoms with van der Waals surface area (Å²) < 4.78 is 5.69. The summed E-state index contributed by atoms with van der Waals surface area (Å²) in [6, 6.07) is 12.4. The Bertz CT molecular complexity index is 1020. The number of thiazole rings is 1. The summed E-state index contributed by atoms with van der Waals surface area (Å²) in [6.07, 6.45) is 4.47. The van der Waals surface area contributed by atoms with E-state index >= 15 is 0 Å². The third kappa shape index (κ3) is 6.10. The van der Waals surface area contributed by atoms with Crippen LogP contribution >= 0.6 is 11.3 Å². The summed E-state index contributed by atoms with van der Waals surface area (Å²) in [5.74, 6) is 0.189. The molecular formula is C23H26N4O3S. The van der Waals surface area contributed by atoms with Crippen molar-refractivity contribution in [2.24, 2.45) is 5.92 Å². The fourth-order valence-corrected chi connectivity index (χ4v) is 4.54. The molecule has 162 valence electrons.